The lowest BCUT2D eigenvalue weighted by Gasteiger charge is -2.39. The fourth-order valence-corrected chi connectivity index (χ4v) is 3.56. The minimum absolute atomic E-state index is 0.152. The number of hydrogen-bond acceptors (Lipinski definition) is 0. The van der Waals surface area contributed by atoms with Crippen LogP contribution in [0.3, 0.4) is 0 Å². The van der Waals surface area contributed by atoms with Crippen molar-refractivity contribution in [3.05, 3.63) is 0 Å². The van der Waals surface area contributed by atoms with Gasteiger partial charge in [0.1, 0.15) is 0 Å². The molecule has 0 aromatic heterocycles. The smallest absolute Gasteiger partial charge is 0.234 e. The fraction of sp³-hybridized carbons (Fsp3) is 1.00. The lowest BCUT2D eigenvalue weighted by atomic mass is 9.82. The number of hydrogen-bond donors (Lipinski definition) is 0. The molecule has 1 aliphatic carbocycles. The molecule has 1 fully saturated rings. The maximum absolute atomic E-state index is 13.8. The molecule has 132 valence electrons. The second-order valence-electron chi connectivity index (χ2n) is 5.36. The second kappa shape index (κ2) is 6.92. The summed E-state index contributed by atoms with van der Waals surface area (Å²) in [6, 6.07) is 0. The Bertz CT molecular complexity index is 366. The molecule has 0 aromatic rings. The van der Waals surface area contributed by atoms with Gasteiger partial charge in [-0.3, -0.25) is 0 Å². The zero-order valence-electron chi connectivity index (χ0n) is 11.1. The molecule has 10 heteroatoms. The van der Waals surface area contributed by atoms with Crippen molar-refractivity contribution in [1.29, 1.82) is 0 Å². The molecule has 0 nitrogen and oxygen atoms in total. The first kappa shape index (κ1) is 20.1. The zero-order chi connectivity index (χ0) is 17.3. The van der Waals surface area contributed by atoms with E-state index in [1.807, 2.05) is 0 Å². The molecule has 0 radical (unpaired) electrons. The first-order valence-corrected chi connectivity index (χ1v) is 7.81. The standard InChI is InChI=1S/C12H14F9I/c13-7(9(14)15)10(16,17)12(20,21)11(18,19)8(22)6-4-2-1-3-5-6/h6-9H,1-5H2. The van der Waals surface area contributed by atoms with Crippen molar-refractivity contribution in [2.24, 2.45) is 5.92 Å². The molecule has 2 unspecified atom stereocenters. The summed E-state index contributed by atoms with van der Waals surface area (Å²) < 4.78 is 116. The van der Waals surface area contributed by atoms with Crippen LogP contribution in [0.2, 0.25) is 0 Å². The third kappa shape index (κ3) is 3.45. The van der Waals surface area contributed by atoms with Crippen LogP contribution in [0.1, 0.15) is 32.1 Å². The minimum atomic E-state index is -6.21. The van der Waals surface area contributed by atoms with Crippen molar-refractivity contribution < 1.29 is 39.5 Å². The third-order valence-electron chi connectivity index (χ3n) is 3.81. The minimum Gasteiger partial charge on any atom is -0.234 e. The Kier molecular flexibility index (Phi) is 6.34. The van der Waals surface area contributed by atoms with Crippen molar-refractivity contribution in [2.75, 3.05) is 0 Å². The maximum atomic E-state index is 13.8. The Balaban J connectivity index is 3.06. The quantitative estimate of drug-likeness (QED) is 0.266. The molecule has 0 amide bonds. The number of rotatable bonds is 6. The van der Waals surface area contributed by atoms with E-state index in [1.165, 1.54) is 0 Å². The van der Waals surface area contributed by atoms with Crippen molar-refractivity contribution in [3.8, 4) is 0 Å². The van der Waals surface area contributed by atoms with Gasteiger partial charge in [0.15, 0.2) is 0 Å². The predicted molar refractivity (Wildman–Crippen MR) is 70.1 cm³/mol. The first-order chi connectivity index (χ1) is 9.87. The molecule has 1 rings (SSSR count). The van der Waals surface area contributed by atoms with Crippen LogP contribution >= 0.6 is 22.6 Å². The predicted octanol–water partition coefficient (Wildman–Crippen LogP) is 5.88. The molecule has 22 heavy (non-hydrogen) atoms. The molecule has 0 bridgehead atoms. The van der Waals surface area contributed by atoms with E-state index in [9.17, 15) is 39.5 Å². The average Bonchev–Trinajstić information content (AvgIpc) is 2.45. The Morgan fingerprint density at radius 3 is 1.64 bits per heavy atom. The van der Waals surface area contributed by atoms with Crippen LogP contribution in [0.4, 0.5) is 39.5 Å². The first-order valence-electron chi connectivity index (χ1n) is 6.57. The van der Waals surface area contributed by atoms with Gasteiger partial charge in [0.2, 0.25) is 6.17 Å². The lowest BCUT2D eigenvalue weighted by Crippen LogP contribution is -2.63. The van der Waals surface area contributed by atoms with Crippen LogP contribution in [0.25, 0.3) is 0 Å². The van der Waals surface area contributed by atoms with E-state index in [-0.39, 0.29) is 12.8 Å². The number of halogens is 10. The summed E-state index contributed by atoms with van der Waals surface area (Å²) in [5, 5.41) is 0. The second-order valence-corrected chi connectivity index (χ2v) is 6.70. The van der Waals surface area contributed by atoms with Crippen LogP contribution in [-0.4, -0.2) is 34.3 Å². The van der Waals surface area contributed by atoms with Crippen LogP contribution < -0.4 is 0 Å². The Labute approximate surface area is 134 Å². The van der Waals surface area contributed by atoms with Gasteiger partial charge in [0, 0.05) is 0 Å². The van der Waals surface area contributed by atoms with Gasteiger partial charge in [-0.05, 0) is 18.8 Å². The number of alkyl halides is 10. The maximum Gasteiger partial charge on any atom is 0.376 e. The highest BCUT2D eigenvalue weighted by molar-refractivity contribution is 14.1. The summed E-state index contributed by atoms with van der Waals surface area (Å²) in [5.74, 6) is -18.6. The zero-order valence-corrected chi connectivity index (χ0v) is 13.3. The van der Waals surface area contributed by atoms with Crippen LogP contribution in [-0.2, 0) is 0 Å². The monoisotopic (exact) mass is 456 g/mol. The Morgan fingerprint density at radius 1 is 0.773 bits per heavy atom. The molecule has 0 aliphatic heterocycles. The highest BCUT2D eigenvalue weighted by atomic mass is 127. The van der Waals surface area contributed by atoms with Gasteiger partial charge >= 0.3 is 17.8 Å². The van der Waals surface area contributed by atoms with Gasteiger partial charge in [-0.25, -0.2) is 13.2 Å². The molecule has 1 aliphatic rings. The van der Waals surface area contributed by atoms with E-state index in [4.69, 9.17) is 0 Å². The van der Waals surface area contributed by atoms with E-state index in [2.05, 4.69) is 0 Å². The largest absolute Gasteiger partial charge is 0.376 e. The SMILES string of the molecule is FC(F)C(F)C(F)(F)C(F)(F)C(F)(F)C(I)C1CCCCC1. The van der Waals surface area contributed by atoms with Crippen LogP contribution in [0, 0.1) is 5.92 Å². The van der Waals surface area contributed by atoms with Gasteiger partial charge in [0.05, 0.1) is 3.92 Å². The summed E-state index contributed by atoms with van der Waals surface area (Å²) in [5.41, 5.74) is 0. The molecule has 0 aromatic carbocycles. The Morgan fingerprint density at radius 2 is 1.23 bits per heavy atom. The summed E-state index contributed by atoms with van der Waals surface area (Å²) in [4.78, 5) is 0. The normalized spacial score (nSPS) is 22.0. The Hall–Kier alpha value is 0.1000. The van der Waals surface area contributed by atoms with E-state index >= 15 is 0 Å². The highest BCUT2D eigenvalue weighted by Crippen LogP contribution is 2.54. The van der Waals surface area contributed by atoms with Gasteiger partial charge in [-0.2, -0.15) is 26.3 Å². The highest BCUT2D eigenvalue weighted by Gasteiger charge is 2.77. The topological polar surface area (TPSA) is 0 Å². The summed E-state index contributed by atoms with van der Waals surface area (Å²) in [6.07, 6.45) is -7.15. The molecule has 0 saturated heterocycles. The van der Waals surface area contributed by atoms with Crippen molar-refractivity contribution in [1.82, 2.24) is 0 Å². The molecule has 0 spiro atoms. The van der Waals surface area contributed by atoms with Crippen LogP contribution in [0.15, 0.2) is 0 Å². The van der Waals surface area contributed by atoms with E-state index < -0.39 is 40.2 Å². The third-order valence-corrected chi connectivity index (χ3v) is 5.61. The summed E-state index contributed by atoms with van der Waals surface area (Å²) >= 11 is 0.936. The summed E-state index contributed by atoms with van der Waals surface area (Å²) in [7, 11) is 0. The molecule has 2 atom stereocenters. The average molecular weight is 456 g/mol. The summed E-state index contributed by atoms with van der Waals surface area (Å²) in [6.45, 7) is 0. The molecule has 1 saturated carbocycles. The lowest BCUT2D eigenvalue weighted by molar-refractivity contribution is -0.333. The molecule has 0 N–H and O–H groups in total. The molecule has 0 heterocycles. The molecular weight excluding hydrogens is 442 g/mol. The van der Waals surface area contributed by atoms with Gasteiger partial charge < -0.3 is 0 Å². The van der Waals surface area contributed by atoms with E-state index in [1.54, 1.807) is 0 Å². The van der Waals surface area contributed by atoms with Crippen molar-refractivity contribution in [3.63, 3.8) is 0 Å². The van der Waals surface area contributed by atoms with Gasteiger partial charge in [-0.15, -0.1) is 0 Å². The van der Waals surface area contributed by atoms with E-state index in [0.717, 1.165) is 29.0 Å². The van der Waals surface area contributed by atoms with Crippen LogP contribution in [0.5, 0.6) is 0 Å². The van der Waals surface area contributed by atoms with Gasteiger partial charge in [-0.1, -0.05) is 41.9 Å². The van der Waals surface area contributed by atoms with Crippen molar-refractivity contribution in [2.45, 2.75) is 66.4 Å². The van der Waals surface area contributed by atoms with E-state index in [0.29, 0.717) is 12.8 Å². The fourth-order valence-electron chi connectivity index (χ4n) is 2.45. The van der Waals surface area contributed by atoms with Gasteiger partial charge in [0.25, 0.3) is 6.43 Å². The molecular formula is C12H14F9I. The van der Waals surface area contributed by atoms with Crippen molar-refractivity contribution >= 4 is 22.6 Å².